The zero-order valence-electron chi connectivity index (χ0n) is 12.2. The van der Waals surface area contributed by atoms with E-state index < -0.39 is 0 Å². The van der Waals surface area contributed by atoms with Crippen molar-refractivity contribution in [3.63, 3.8) is 0 Å². The Bertz CT molecular complexity index is 525. The molecule has 8 heteroatoms. The number of hydrogen-bond acceptors (Lipinski definition) is 6. The molecule has 116 valence electrons. The maximum absolute atomic E-state index is 12.0. The van der Waals surface area contributed by atoms with Crippen molar-refractivity contribution in [2.75, 3.05) is 17.6 Å². The van der Waals surface area contributed by atoms with E-state index in [1.54, 1.807) is 0 Å². The molecule has 0 spiro atoms. The van der Waals surface area contributed by atoms with Gasteiger partial charge in [-0.2, -0.15) is 0 Å². The van der Waals surface area contributed by atoms with Gasteiger partial charge >= 0.3 is 0 Å². The van der Waals surface area contributed by atoms with Gasteiger partial charge in [-0.3, -0.25) is 9.59 Å². The Morgan fingerprint density at radius 3 is 2.76 bits per heavy atom. The molecule has 1 heterocycles. The van der Waals surface area contributed by atoms with E-state index in [0.717, 1.165) is 12.8 Å². The van der Waals surface area contributed by atoms with Gasteiger partial charge in [0.2, 0.25) is 5.91 Å². The number of carbonyl (C=O) groups excluding carboxylic acids is 2. The molecule has 1 fully saturated rings. The minimum absolute atomic E-state index is 0.0846. The van der Waals surface area contributed by atoms with E-state index >= 15 is 0 Å². The number of nitrogens with zero attached hydrogens (tertiary/aromatic N) is 1. The highest BCUT2D eigenvalue weighted by molar-refractivity contribution is 7.18. The molecule has 7 nitrogen and oxygen atoms in total. The summed E-state index contributed by atoms with van der Waals surface area (Å²) in [6.45, 7) is 4.06. The van der Waals surface area contributed by atoms with Crippen LogP contribution in [0, 0.1) is 0 Å². The molecular formula is C13H21N5O2S. The maximum atomic E-state index is 12.0. The summed E-state index contributed by atoms with van der Waals surface area (Å²) < 4.78 is 0. The largest absolute Gasteiger partial charge is 0.382 e. The standard InChI is InChI=1S/C13H21N5O2S/c1-7(2)16-9(19)5-6-15-12(20)10-11(14)18-13(21-10)17-8-3-4-8/h7-8H,3-6,14H2,1-2H3,(H,15,20)(H,16,19)(H,17,18). The highest BCUT2D eigenvalue weighted by atomic mass is 32.1. The van der Waals surface area contributed by atoms with Crippen molar-refractivity contribution in [2.45, 2.75) is 45.2 Å². The average molecular weight is 311 g/mol. The lowest BCUT2D eigenvalue weighted by Crippen LogP contribution is -2.34. The predicted molar refractivity (Wildman–Crippen MR) is 83.4 cm³/mol. The Morgan fingerprint density at radius 1 is 1.43 bits per heavy atom. The number of nitrogens with one attached hydrogen (secondary N) is 3. The molecule has 0 bridgehead atoms. The molecule has 0 atom stereocenters. The second kappa shape index (κ2) is 6.75. The SMILES string of the molecule is CC(C)NC(=O)CCNC(=O)c1sc(NC2CC2)nc1N. The number of nitrogen functional groups attached to an aromatic ring is 1. The van der Waals surface area contributed by atoms with Gasteiger partial charge in [0.15, 0.2) is 5.13 Å². The Kier molecular flexibility index (Phi) is 5.00. The summed E-state index contributed by atoms with van der Waals surface area (Å²) in [5.74, 6) is -0.142. The molecule has 1 aliphatic rings. The molecule has 21 heavy (non-hydrogen) atoms. The molecule has 0 saturated heterocycles. The van der Waals surface area contributed by atoms with E-state index in [4.69, 9.17) is 5.73 Å². The number of thiazole rings is 1. The van der Waals surface area contributed by atoms with Crippen LogP contribution in [0.3, 0.4) is 0 Å². The smallest absolute Gasteiger partial charge is 0.265 e. The topological polar surface area (TPSA) is 109 Å². The Labute approximate surface area is 127 Å². The normalized spacial score (nSPS) is 14.0. The summed E-state index contributed by atoms with van der Waals surface area (Å²) in [5.41, 5.74) is 5.76. The Balaban J connectivity index is 1.79. The first kappa shape index (κ1) is 15.6. The summed E-state index contributed by atoms with van der Waals surface area (Å²) in [5, 5.41) is 9.34. The third-order valence-electron chi connectivity index (χ3n) is 2.85. The zero-order chi connectivity index (χ0) is 15.4. The van der Waals surface area contributed by atoms with Crippen LogP contribution in [0.4, 0.5) is 10.9 Å². The molecule has 1 aromatic rings. The van der Waals surface area contributed by atoms with Gasteiger partial charge in [0.05, 0.1) is 0 Å². The molecule has 0 aliphatic heterocycles. The Morgan fingerprint density at radius 2 is 2.14 bits per heavy atom. The van der Waals surface area contributed by atoms with Gasteiger partial charge in [0, 0.05) is 25.0 Å². The molecule has 0 aromatic carbocycles. The molecular weight excluding hydrogens is 290 g/mol. The van der Waals surface area contributed by atoms with Crippen LogP contribution in [0.2, 0.25) is 0 Å². The molecule has 0 radical (unpaired) electrons. The van der Waals surface area contributed by atoms with E-state index in [9.17, 15) is 9.59 Å². The minimum Gasteiger partial charge on any atom is -0.382 e. The highest BCUT2D eigenvalue weighted by Gasteiger charge is 2.24. The van der Waals surface area contributed by atoms with Crippen LogP contribution in [-0.4, -0.2) is 35.4 Å². The van der Waals surface area contributed by atoms with Crippen LogP contribution < -0.4 is 21.7 Å². The van der Waals surface area contributed by atoms with Crippen LogP contribution in [0.25, 0.3) is 0 Å². The van der Waals surface area contributed by atoms with Gasteiger partial charge in [-0.25, -0.2) is 4.98 Å². The lowest BCUT2D eigenvalue weighted by Gasteiger charge is -2.08. The number of amides is 2. The van der Waals surface area contributed by atoms with E-state index in [1.165, 1.54) is 11.3 Å². The van der Waals surface area contributed by atoms with Gasteiger partial charge < -0.3 is 21.7 Å². The molecule has 2 amide bonds. The van der Waals surface area contributed by atoms with Crippen LogP contribution in [-0.2, 0) is 4.79 Å². The monoisotopic (exact) mass is 311 g/mol. The fourth-order valence-electron chi connectivity index (χ4n) is 1.72. The Hall–Kier alpha value is -1.83. The van der Waals surface area contributed by atoms with E-state index in [1.807, 2.05) is 13.8 Å². The zero-order valence-corrected chi connectivity index (χ0v) is 13.0. The third-order valence-corrected chi connectivity index (χ3v) is 3.85. The third kappa shape index (κ3) is 4.89. The number of anilines is 2. The van der Waals surface area contributed by atoms with Crippen molar-refractivity contribution in [3.05, 3.63) is 4.88 Å². The summed E-state index contributed by atoms with van der Waals surface area (Å²) in [7, 11) is 0. The molecule has 1 aliphatic carbocycles. The first-order valence-corrected chi connectivity index (χ1v) is 7.87. The summed E-state index contributed by atoms with van der Waals surface area (Å²) in [6, 6.07) is 0.563. The van der Waals surface area contributed by atoms with Crippen molar-refractivity contribution >= 4 is 34.1 Å². The van der Waals surface area contributed by atoms with Crippen molar-refractivity contribution in [3.8, 4) is 0 Å². The predicted octanol–water partition coefficient (Wildman–Crippen LogP) is 0.944. The fourth-order valence-corrected chi connectivity index (χ4v) is 2.60. The molecule has 5 N–H and O–H groups in total. The highest BCUT2D eigenvalue weighted by Crippen LogP contribution is 2.30. The maximum Gasteiger partial charge on any atom is 0.265 e. The van der Waals surface area contributed by atoms with Gasteiger partial charge in [0.25, 0.3) is 5.91 Å². The summed E-state index contributed by atoms with van der Waals surface area (Å²) in [4.78, 5) is 28.0. The summed E-state index contributed by atoms with van der Waals surface area (Å²) >= 11 is 1.25. The number of aromatic nitrogens is 1. The lowest BCUT2D eigenvalue weighted by molar-refractivity contribution is -0.121. The number of hydrogen-bond donors (Lipinski definition) is 4. The van der Waals surface area contributed by atoms with Gasteiger partial charge in [0.1, 0.15) is 10.7 Å². The van der Waals surface area contributed by atoms with Crippen molar-refractivity contribution in [1.82, 2.24) is 15.6 Å². The van der Waals surface area contributed by atoms with Gasteiger partial charge in [-0.05, 0) is 26.7 Å². The fraction of sp³-hybridized carbons (Fsp3) is 0.615. The van der Waals surface area contributed by atoms with E-state index in [-0.39, 0.29) is 36.6 Å². The first-order valence-electron chi connectivity index (χ1n) is 7.06. The van der Waals surface area contributed by atoms with Crippen LogP contribution in [0.5, 0.6) is 0 Å². The molecule has 2 rings (SSSR count). The minimum atomic E-state index is -0.286. The first-order chi connectivity index (χ1) is 9.95. The summed E-state index contributed by atoms with van der Waals surface area (Å²) in [6.07, 6.45) is 2.51. The molecule has 1 saturated carbocycles. The quantitative estimate of drug-likeness (QED) is 0.599. The van der Waals surface area contributed by atoms with Crippen LogP contribution >= 0.6 is 11.3 Å². The number of nitrogens with two attached hydrogens (primary N) is 1. The van der Waals surface area contributed by atoms with Crippen LogP contribution in [0.1, 0.15) is 42.8 Å². The second-order valence-corrected chi connectivity index (χ2v) is 6.38. The van der Waals surface area contributed by atoms with Crippen molar-refractivity contribution in [2.24, 2.45) is 0 Å². The van der Waals surface area contributed by atoms with E-state index in [2.05, 4.69) is 20.9 Å². The molecule has 1 aromatic heterocycles. The van der Waals surface area contributed by atoms with Crippen molar-refractivity contribution < 1.29 is 9.59 Å². The number of carbonyl (C=O) groups is 2. The van der Waals surface area contributed by atoms with E-state index in [0.29, 0.717) is 16.1 Å². The van der Waals surface area contributed by atoms with Crippen molar-refractivity contribution in [1.29, 1.82) is 0 Å². The van der Waals surface area contributed by atoms with Crippen LogP contribution in [0.15, 0.2) is 0 Å². The average Bonchev–Trinajstić information content (AvgIpc) is 3.10. The van der Waals surface area contributed by atoms with Gasteiger partial charge in [-0.15, -0.1) is 0 Å². The van der Waals surface area contributed by atoms with Gasteiger partial charge in [-0.1, -0.05) is 11.3 Å². The molecule has 0 unspecified atom stereocenters. The lowest BCUT2D eigenvalue weighted by atomic mass is 10.3. The second-order valence-electron chi connectivity index (χ2n) is 5.38. The number of rotatable bonds is 7.